The van der Waals surface area contributed by atoms with Gasteiger partial charge in [0.15, 0.2) is 0 Å². The lowest BCUT2D eigenvalue weighted by atomic mass is 10.2. The molecule has 3 aromatic rings. The Morgan fingerprint density at radius 2 is 2.29 bits per heavy atom. The van der Waals surface area contributed by atoms with Gasteiger partial charge in [-0.15, -0.1) is 11.3 Å². The summed E-state index contributed by atoms with van der Waals surface area (Å²) in [4.78, 5) is 26.6. The summed E-state index contributed by atoms with van der Waals surface area (Å²) in [7, 11) is 0. The van der Waals surface area contributed by atoms with Crippen molar-refractivity contribution in [2.45, 2.75) is 12.8 Å². The van der Waals surface area contributed by atoms with E-state index in [0.717, 1.165) is 28.1 Å². The number of aromatic nitrogens is 3. The third-order valence-corrected chi connectivity index (χ3v) is 5.15. The fourth-order valence-corrected chi connectivity index (χ4v) is 3.68. The maximum atomic E-state index is 12.8. The molecule has 1 aliphatic carbocycles. The third-order valence-electron chi connectivity index (χ3n) is 4.28. The van der Waals surface area contributed by atoms with E-state index in [1.165, 1.54) is 24.2 Å². The zero-order valence-electron chi connectivity index (χ0n) is 13.2. The van der Waals surface area contributed by atoms with Gasteiger partial charge in [-0.1, -0.05) is 0 Å². The van der Waals surface area contributed by atoms with E-state index in [4.69, 9.17) is 5.73 Å². The van der Waals surface area contributed by atoms with E-state index in [9.17, 15) is 4.79 Å². The summed E-state index contributed by atoms with van der Waals surface area (Å²) in [5.74, 6) is 0.618. The molecule has 0 aromatic carbocycles. The van der Waals surface area contributed by atoms with E-state index in [1.54, 1.807) is 6.20 Å². The first kappa shape index (κ1) is 15.3. The fraction of sp³-hybridized carbons (Fsp3) is 0.353. The fourth-order valence-electron chi connectivity index (χ4n) is 2.85. The van der Waals surface area contributed by atoms with Gasteiger partial charge >= 0.3 is 0 Å². The van der Waals surface area contributed by atoms with Gasteiger partial charge in [0.25, 0.3) is 5.91 Å². The number of hydrogen-bond donors (Lipinski definition) is 2. The Morgan fingerprint density at radius 1 is 1.42 bits per heavy atom. The van der Waals surface area contributed by atoms with Crippen molar-refractivity contribution in [1.29, 1.82) is 0 Å². The molecule has 7 heteroatoms. The van der Waals surface area contributed by atoms with Crippen LogP contribution in [0, 0.1) is 5.92 Å². The molecular weight excluding hydrogens is 322 g/mol. The van der Waals surface area contributed by atoms with Crippen molar-refractivity contribution in [3.8, 4) is 10.6 Å². The van der Waals surface area contributed by atoms with Crippen LogP contribution >= 0.6 is 11.3 Å². The van der Waals surface area contributed by atoms with Gasteiger partial charge < -0.3 is 15.6 Å². The SMILES string of the molecule is NCCN(CC1CC1)C(=O)c1csc(-c2ccnc3[nH]ccc23)n1. The average molecular weight is 341 g/mol. The van der Waals surface area contributed by atoms with E-state index >= 15 is 0 Å². The highest BCUT2D eigenvalue weighted by Crippen LogP contribution is 2.32. The lowest BCUT2D eigenvalue weighted by Gasteiger charge is -2.20. The molecule has 124 valence electrons. The quantitative estimate of drug-likeness (QED) is 0.721. The van der Waals surface area contributed by atoms with Crippen LogP contribution in [0.15, 0.2) is 29.9 Å². The number of H-pyrrole nitrogens is 1. The Labute approximate surface area is 143 Å². The summed E-state index contributed by atoms with van der Waals surface area (Å²) in [6.07, 6.45) is 6.03. The van der Waals surface area contributed by atoms with Crippen LogP contribution in [0.1, 0.15) is 23.3 Å². The highest BCUT2D eigenvalue weighted by Gasteiger charge is 2.28. The topological polar surface area (TPSA) is 87.9 Å². The van der Waals surface area contributed by atoms with Crippen molar-refractivity contribution in [1.82, 2.24) is 19.9 Å². The molecule has 0 bridgehead atoms. The van der Waals surface area contributed by atoms with Crippen LogP contribution < -0.4 is 5.73 Å². The van der Waals surface area contributed by atoms with Gasteiger partial charge in [-0.3, -0.25) is 4.79 Å². The van der Waals surface area contributed by atoms with Crippen LogP contribution in [0.3, 0.4) is 0 Å². The van der Waals surface area contributed by atoms with Crippen LogP contribution in [-0.2, 0) is 0 Å². The minimum absolute atomic E-state index is 0.0192. The van der Waals surface area contributed by atoms with Gasteiger partial charge in [0.1, 0.15) is 16.3 Å². The first-order valence-corrected chi connectivity index (χ1v) is 9.01. The molecule has 3 aromatic heterocycles. The predicted octanol–water partition coefficient (Wildman–Crippen LogP) is 2.50. The maximum absolute atomic E-state index is 12.8. The second-order valence-electron chi connectivity index (χ2n) is 6.12. The normalized spacial score (nSPS) is 14.2. The number of pyridine rings is 1. The molecule has 1 aliphatic rings. The predicted molar refractivity (Wildman–Crippen MR) is 94.9 cm³/mol. The maximum Gasteiger partial charge on any atom is 0.273 e. The number of nitrogens with one attached hydrogen (secondary N) is 1. The lowest BCUT2D eigenvalue weighted by Crippen LogP contribution is -2.37. The zero-order chi connectivity index (χ0) is 16.5. The van der Waals surface area contributed by atoms with Crippen LogP contribution in [0.25, 0.3) is 21.6 Å². The third kappa shape index (κ3) is 2.92. The van der Waals surface area contributed by atoms with Crippen molar-refractivity contribution in [3.05, 3.63) is 35.6 Å². The number of hydrogen-bond acceptors (Lipinski definition) is 5. The van der Waals surface area contributed by atoms with E-state index in [2.05, 4.69) is 15.0 Å². The zero-order valence-corrected chi connectivity index (χ0v) is 14.1. The van der Waals surface area contributed by atoms with Gasteiger partial charge in [0.05, 0.1) is 0 Å². The Morgan fingerprint density at radius 3 is 3.08 bits per heavy atom. The summed E-state index contributed by atoms with van der Waals surface area (Å²) >= 11 is 1.49. The summed E-state index contributed by atoms with van der Waals surface area (Å²) in [5.41, 5.74) is 8.00. The number of thiazole rings is 1. The molecular formula is C17H19N5OS. The average Bonchev–Trinajstić information content (AvgIpc) is 3.10. The number of rotatable bonds is 6. The molecule has 1 amide bonds. The number of aromatic amines is 1. The Balaban J connectivity index is 1.61. The van der Waals surface area contributed by atoms with E-state index < -0.39 is 0 Å². The lowest BCUT2D eigenvalue weighted by molar-refractivity contribution is 0.0747. The molecule has 1 fully saturated rings. The van der Waals surface area contributed by atoms with Crippen molar-refractivity contribution in [3.63, 3.8) is 0 Å². The smallest absolute Gasteiger partial charge is 0.273 e. The highest BCUT2D eigenvalue weighted by molar-refractivity contribution is 7.13. The molecule has 3 N–H and O–H groups in total. The number of amides is 1. The van der Waals surface area contributed by atoms with Crippen LogP contribution in [0.4, 0.5) is 0 Å². The summed E-state index contributed by atoms with van der Waals surface area (Å²) in [5, 5.41) is 3.69. The molecule has 0 spiro atoms. The highest BCUT2D eigenvalue weighted by atomic mass is 32.1. The Bertz CT molecular complexity index is 867. The minimum atomic E-state index is -0.0192. The molecule has 4 rings (SSSR count). The Kier molecular flexibility index (Phi) is 4.03. The van der Waals surface area contributed by atoms with Crippen LogP contribution in [0.5, 0.6) is 0 Å². The van der Waals surface area contributed by atoms with Crippen molar-refractivity contribution < 1.29 is 4.79 Å². The van der Waals surface area contributed by atoms with E-state index in [0.29, 0.717) is 24.7 Å². The monoisotopic (exact) mass is 341 g/mol. The molecule has 1 saturated carbocycles. The van der Waals surface area contributed by atoms with E-state index in [1.807, 2.05) is 28.6 Å². The molecule has 6 nitrogen and oxygen atoms in total. The van der Waals surface area contributed by atoms with Crippen LogP contribution in [-0.4, -0.2) is 45.4 Å². The summed E-state index contributed by atoms with van der Waals surface area (Å²) < 4.78 is 0. The molecule has 24 heavy (non-hydrogen) atoms. The number of carbonyl (C=O) groups is 1. The first-order chi connectivity index (χ1) is 11.8. The van der Waals surface area contributed by atoms with Gasteiger partial charge in [-0.25, -0.2) is 9.97 Å². The van der Waals surface area contributed by atoms with Crippen molar-refractivity contribution in [2.75, 3.05) is 19.6 Å². The molecule has 0 aliphatic heterocycles. The number of fused-ring (bicyclic) bond motifs is 1. The number of nitrogens with zero attached hydrogens (tertiary/aromatic N) is 3. The molecule has 0 saturated heterocycles. The van der Waals surface area contributed by atoms with Crippen molar-refractivity contribution >= 4 is 28.3 Å². The van der Waals surface area contributed by atoms with Gasteiger partial charge in [0.2, 0.25) is 0 Å². The molecule has 0 unspecified atom stereocenters. The second kappa shape index (κ2) is 6.33. The summed E-state index contributed by atoms with van der Waals surface area (Å²) in [6.45, 7) is 1.85. The standard InChI is InChI=1S/C17H19N5OS/c18-5-8-22(9-11-1-2-11)17(23)14-10-24-16(21-14)13-4-7-20-15-12(13)3-6-19-15/h3-4,6-7,10-11H,1-2,5,8-9,18H2,(H,19,20). The van der Waals surface area contributed by atoms with Crippen molar-refractivity contribution in [2.24, 2.45) is 11.7 Å². The molecule has 3 heterocycles. The second-order valence-corrected chi connectivity index (χ2v) is 6.98. The molecule has 0 radical (unpaired) electrons. The van der Waals surface area contributed by atoms with E-state index in [-0.39, 0.29) is 5.91 Å². The molecule has 0 atom stereocenters. The van der Waals surface area contributed by atoms with Gasteiger partial charge in [-0.2, -0.15) is 0 Å². The largest absolute Gasteiger partial charge is 0.346 e. The van der Waals surface area contributed by atoms with Crippen LogP contribution in [0.2, 0.25) is 0 Å². The minimum Gasteiger partial charge on any atom is -0.346 e. The first-order valence-electron chi connectivity index (χ1n) is 8.13. The number of carbonyl (C=O) groups excluding carboxylic acids is 1. The van der Waals surface area contributed by atoms with Gasteiger partial charge in [0, 0.05) is 48.4 Å². The van der Waals surface area contributed by atoms with Gasteiger partial charge in [-0.05, 0) is 30.9 Å². The Hall–Kier alpha value is -2.25. The summed E-state index contributed by atoms with van der Waals surface area (Å²) in [6, 6.07) is 3.92. The number of nitrogens with two attached hydrogens (primary N) is 1.